The number of aromatic nitrogens is 3. The number of hydrogen-bond donors (Lipinski definition) is 0. The van der Waals surface area contributed by atoms with Gasteiger partial charge in [-0.25, -0.2) is 4.98 Å². The summed E-state index contributed by atoms with van der Waals surface area (Å²) in [6.45, 7) is 6.84. The molecule has 1 aliphatic heterocycles. The van der Waals surface area contributed by atoms with Crippen LogP contribution in [0.2, 0.25) is 0 Å². The van der Waals surface area contributed by atoms with Crippen molar-refractivity contribution in [2.45, 2.75) is 39.3 Å². The molecule has 1 atom stereocenters. The van der Waals surface area contributed by atoms with Crippen molar-refractivity contribution in [2.24, 2.45) is 7.05 Å². The van der Waals surface area contributed by atoms with Gasteiger partial charge in [-0.1, -0.05) is 0 Å². The summed E-state index contributed by atoms with van der Waals surface area (Å²) in [6, 6.07) is 0.226. The summed E-state index contributed by atoms with van der Waals surface area (Å²) in [5.41, 5.74) is 1.25. The first-order valence-electron chi connectivity index (χ1n) is 8.39. The van der Waals surface area contributed by atoms with Crippen LogP contribution in [0.1, 0.15) is 30.6 Å². The van der Waals surface area contributed by atoms with Gasteiger partial charge < -0.3 is 14.2 Å². The van der Waals surface area contributed by atoms with Crippen molar-refractivity contribution < 1.29 is 9.21 Å². The minimum atomic E-state index is 0.0740. The summed E-state index contributed by atoms with van der Waals surface area (Å²) in [5, 5.41) is 4.20. The Bertz CT molecular complexity index is 693. The second-order valence-corrected chi connectivity index (χ2v) is 6.53. The third kappa shape index (κ3) is 4.03. The molecule has 24 heavy (non-hydrogen) atoms. The molecule has 0 N–H and O–H groups in total. The van der Waals surface area contributed by atoms with E-state index in [2.05, 4.69) is 21.2 Å². The number of hydrogen-bond acceptors (Lipinski definition) is 5. The number of carbonyl (C=O) groups is 1. The summed E-state index contributed by atoms with van der Waals surface area (Å²) in [4.78, 5) is 20.6. The van der Waals surface area contributed by atoms with E-state index in [1.807, 2.05) is 29.7 Å². The zero-order chi connectivity index (χ0) is 17.1. The summed E-state index contributed by atoms with van der Waals surface area (Å²) in [7, 11) is 1.94. The minimum Gasteiger partial charge on any atom is -0.444 e. The van der Waals surface area contributed by atoms with Crippen molar-refractivity contribution in [1.82, 2.24) is 24.6 Å². The van der Waals surface area contributed by atoms with Crippen molar-refractivity contribution in [2.75, 3.05) is 19.6 Å². The fraction of sp³-hybridized carbons (Fsp3) is 0.588. The van der Waals surface area contributed by atoms with Gasteiger partial charge in [0.25, 0.3) is 0 Å². The van der Waals surface area contributed by atoms with Crippen molar-refractivity contribution in [3.05, 3.63) is 35.8 Å². The van der Waals surface area contributed by atoms with Crippen molar-refractivity contribution in [3.8, 4) is 0 Å². The number of oxazole rings is 1. The largest absolute Gasteiger partial charge is 0.444 e. The van der Waals surface area contributed by atoms with Crippen LogP contribution in [-0.4, -0.2) is 56.1 Å². The van der Waals surface area contributed by atoms with Gasteiger partial charge in [0.2, 0.25) is 11.8 Å². The second-order valence-electron chi connectivity index (χ2n) is 6.53. The normalized spacial score (nSPS) is 18.2. The minimum absolute atomic E-state index is 0.0740. The van der Waals surface area contributed by atoms with Crippen LogP contribution < -0.4 is 0 Å². The van der Waals surface area contributed by atoms with E-state index < -0.39 is 0 Å². The van der Waals surface area contributed by atoms with E-state index >= 15 is 0 Å². The third-order valence-corrected chi connectivity index (χ3v) is 4.54. The van der Waals surface area contributed by atoms with Gasteiger partial charge in [0, 0.05) is 45.8 Å². The SMILES string of the molecule is CC(=O)N(Cc1ncc(C)o1)C1CCN(CCc2cnn(C)c2)C1. The van der Waals surface area contributed by atoms with Gasteiger partial charge in [-0.15, -0.1) is 0 Å². The topological polar surface area (TPSA) is 67.4 Å². The summed E-state index contributed by atoms with van der Waals surface area (Å²) in [5.74, 6) is 1.46. The lowest BCUT2D eigenvalue weighted by atomic mass is 10.2. The maximum Gasteiger partial charge on any atom is 0.220 e. The Balaban J connectivity index is 1.54. The van der Waals surface area contributed by atoms with Crippen molar-refractivity contribution in [3.63, 3.8) is 0 Å². The molecule has 0 bridgehead atoms. The molecule has 0 saturated carbocycles. The van der Waals surface area contributed by atoms with Crippen LogP contribution in [0.15, 0.2) is 23.0 Å². The monoisotopic (exact) mass is 331 g/mol. The molecule has 2 aromatic rings. The molecule has 3 heterocycles. The molecule has 1 aliphatic rings. The highest BCUT2D eigenvalue weighted by Crippen LogP contribution is 2.19. The Morgan fingerprint density at radius 1 is 1.46 bits per heavy atom. The smallest absolute Gasteiger partial charge is 0.220 e. The maximum absolute atomic E-state index is 12.1. The lowest BCUT2D eigenvalue weighted by Crippen LogP contribution is -2.40. The van der Waals surface area contributed by atoms with Crippen LogP contribution in [0.4, 0.5) is 0 Å². The Labute approximate surface area is 142 Å². The Morgan fingerprint density at radius 2 is 2.29 bits per heavy atom. The van der Waals surface area contributed by atoms with E-state index in [1.54, 1.807) is 13.1 Å². The Morgan fingerprint density at radius 3 is 2.92 bits per heavy atom. The fourth-order valence-corrected chi connectivity index (χ4v) is 3.28. The zero-order valence-corrected chi connectivity index (χ0v) is 14.6. The molecular formula is C17H25N5O2. The first-order chi connectivity index (χ1) is 11.5. The van der Waals surface area contributed by atoms with E-state index in [4.69, 9.17) is 4.42 Å². The average molecular weight is 331 g/mol. The average Bonchev–Trinajstić information content (AvgIpc) is 3.24. The van der Waals surface area contributed by atoms with Crippen molar-refractivity contribution in [1.29, 1.82) is 0 Å². The highest BCUT2D eigenvalue weighted by atomic mass is 16.4. The molecule has 130 valence electrons. The predicted molar refractivity (Wildman–Crippen MR) is 89.2 cm³/mol. The van der Waals surface area contributed by atoms with Crippen LogP contribution in [0.3, 0.4) is 0 Å². The van der Waals surface area contributed by atoms with Crippen LogP contribution in [0.25, 0.3) is 0 Å². The number of amides is 1. The highest BCUT2D eigenvalue weighted by Gasteiger charge is 2.30. The van der Waals surface area contributed by atoms with Gasteiger partial charge in [-0.3, -0.25) is 9.48 Å². The Hall–Kier alpha value is -2.15. The number of carbonyl (C=O) groups excluding carboxylic acids is 1. The van der Waals surface area contributed by atoms with E-state index in [1.165, 1.54) is 5.56 Å². The van der Waals surface area contributed by atoms with E-state index in [0.717, 1.165) is 38.2 Å². The van der Waals surface area contributed by atoms with Crippen LogP contribution in [0.5, 0.6) is 0 Å². The molecule has 0 aliphatic carbocycles. The molecule has 1 fully saturated rings. The lowest BCUT2D eigenvalue weighted by molar-refractivity contribution is -0.132. The molecule has 2 aromatic heterocycles. The molecule has 3 rings (SSSR count). The Kier molecular flexibility index (Phi) is 4.99. The summed E-state index contributed by atoms with van der Waals surface area (Å²) >= 11 is 0. The van der Waals surface area contributed by atoms with Gasteiger partial charge in [0.15, 0.2) is 0 Å². The lowest BCUT2D eigenvalue weighted by Gasteiger charge is -2.27. The summed E-state index contributed by atoms with van der Waals surface area (Å²) in [6.07, 6.45) is 7.65. The summed E-state index contributed by atoms with van der Waals surface area (Å²) < 4.78 is 7.36. The molecule has 7 heteroatoms. The molecule has 1 amide bonds. The molecule has 0 spiro atoms. The highest BCUT2D eigenvalue weighted by molar-refractivity contribution is 5.73. The quantitative estimate of drug-likeness (QED) is 0.800. The van der Waals surface area contributed by atoms with E-state index in [9.17, 15) is 4.79 Å². The molecule has 0 radical (unpaired) electrons. The number of aryl methyl sites for hydroxylation is 2. The molecule has 0 aromatic carbocycles. The first kappa shape index (κ1) is 16.7. The third-order valence-electron chi connectivity index (χ3n) is 4.54. The predicted octanol–water partition coefficient (Wildman–Crippen LogP) is 1.38. The van der Waals surface area contributed by atoms with Crippen LogP contribution in [0, 0.1) is 6.92 Å². The zero-order valence-electron chi connectivity index (χ0n) is 14.6. The fourth-order valence-electron chi connectivity index (χ4n) is 3.28. The number of nitrogens with zero attached hydrogens (tertiary/aromatic N) is 5. The molecular weight excluding hydrogens is 306 g/mol. The van der Waals surface area contributed by atoms with Crippen molar-refractivity contribution >= 4 is 5.91 Å². The standard InChI is InChI=1S/C17H25N5O2/c1-13-8-18-17(24-13)12-22(14(2)23)16-5-7-21(11-16)6-4-15-9-19-20(3)10-15/h8-10,16H,4-7,11-12H2,1-3H3. The maximum atomic E-state index is 12.1. The van der Waals surface area contributed by atoms with Gasteiger partial charge in [0.05, 0.1) is 18.9 Å². The second kappa shape index (κ2) is 7.17. The number of rotatable bonds is 6. The molecule has 1 unspecified atom stereocenters. The van der Waals surface area contributed by atoms with Crippen LogP contribution in [-0.2, 0) is 24.8 Å². The van der Waals surface area contributed by atoms with Gasteiger partial charge in [-0.2, -0.15) is 5.10 Å². The van der Waals surface area contributed by atoms with Gasteiger partial charge in [-0.05, 0) is 25.3 Å². The first-order valence-corrected chi connectivity index (χ1v) is 8.39. The van der Waals surface area contributed by atoms with Gasteiger partial charge >= 0.3 is 0 Å². The molecule has 7 nitrogen and oxygen atoms in total. The number of likely N-dealkylation sites (tertiary alicyclic amines) is 1. The molecule has 1 saturated heterocycles. The van der Waals surface area contributed by atoms with Crippen LogP contribution >= 0.6 is 0 Å². The van der Waals surface area contributed by atoms with Gasteiger partial charge in [0.1, 0.15) is 5.76 Å². The van der Waals surface area contributed by atoms with E-state index in [0.29, 0.717) is 12.4 Å². The van der Waals surface area contributed by atoms with E-state index in [-0.39, 0.29) is 11.9 Å².